The minimum atomic E-state index is 0.648. The molecule has 2 heteroatoms. The van der Waals surface area contributed by atoms with Crippen molar-refractivity contribution in [3.8, 4) is 0 Å². The van der Waals surface area contributed by atoms with Gasteiger partial charge in [0.15, 0.2) is 0 Å². The molecule has 1 heterocycles. The lowest BCUT2D eigenvalue weighted by Gasteiger charge is -2.18. The Morgan fingerprint density at radius 1 is 1.44 bits per heavy atom. The third kappa shape index (κ3) is 2.88. The van der Waals surface area contributed by atoms with Gasteiger partial charge in [-0.1, -0.05) is 20.3 Å². The molecule has 1 aliphatic rings. The molecule has 0 aliphatic heterocycles. The fourth-order valence-corrected chi connectivity index (χ4v) is 2.72. The summed E-state index contributed by atoms with van der Waals surface area (Å²) in [6, 6.07) is 4.14. The minimum Gasteiger partial charge on any atom is -0.469 e. The summed E-state index contributed by atoms with van der Waals surface area (Å²) in [6.07, 6.45) is 5.78. The standard InChI is InChI=1S/C14H23NO/c1-11(2)9-15-10-12-5-3-6-13(12)14-7-4-8-16-14/h4,7-8,11-13,15H,3,5-6,9-10H2,1-2H3. The van der Waals surface area contributed by atoms with Crippen LogP contribution in [-0.2, 0) is 0 Å². The quantitative estimate of drug-likeness (QED) is 0.824. The van der Waals surface area contributed by atoms with E-state index in [1.165, 1.54) is 25.0 Å². The molecule has 1 aromatic rings. The second-order valence-electron chi connectivity index (χ2n) is 5.36. The van der Waals surface area contributed by atoms with Crippen molar-refractivity contribution in [2.45, 2.75) is 39.0 Å². The second kappa shape index (κ2) is 5.53. The summed E-state index contributed by atoms with van der Waals surface area (Å²) in [5.41, 5.74) is 0. The zero-order chi connectivity index (χ0) is 11.4. The summed E-state index contributed by atoms with van der Waals surface area (Å²) in [4.78, 5) is 0. The Bertz CT molecular complexity index is 292. The smallest absolute Gasteiger partial charge is 0.107 e. The van der Waals surface area contributed by atoms with E-state index in [0.29, 0.717) is 5.92 Å². The molecule has 1 N–H and O–H groups in total. The lowest BCUT2D eigenvalue weighted by molar-refractivity contribution is 0.373. The zero-order valence-corrected chi connectivity index (χ0v) is 10.4. The Labute approximate surface area is 98.4 Å². The molecule has 0 aromatic carbocycles. The number of rotatable bonds is 5. The molecule has 1 fully saturated rings. The molecule has 1 saturated carbocycles. The zero-order valence-electron chi connectivity index (χ0n) is 10.4. The van der Waals surface area contributed by atoms with E-state index in [1.807, 2.05) is 6.07 Å². The van der Waals surface area contributed by atoms with E-state index in [2.05, 4.69) is 25.2 Å². The van der Waals surface area contributed by atoms with Crippen molar-refractivity contribution in [2.24, 2.45) is 11.8 Å². The van der Waals surface area contributed by atoms with Gasteiger partial charge in [-0.2, -0.15) is 0 Å². The average Bonchev–Trinajstić information content (AvgIpc) is 2.84. The van der Waals surface area contributed by atoms with Crippen LogP contribution < -0.4 is 5.32 Å². The molecule has 0 spiro atoms. The van der Waals surface area contributed by atoms with Crippen LogP contribution in [0, 0.1) is 11.8 Å². The lowest BCUT2D eigenvalue weighted by Crippen LogP contribution is -2.27. The van der Waals surface area contributed by atoms with Gasteiger partial charge in [-0.05, 0) is 49.9 Å². The van der Waals surface area contributed by atoms with Crippen LogP contribution in [0.4, 0.5) is 0 Å². The monoisotopic (exact) mass is 221 g/mol. The Morgan fingerprint density at radius 2 is 2.31 bits per heavy atom. The Balaban J connectivity index is 1.84. The highest BCUT2D eigenvalue weighted by atomic mass is 16.3. The summed E-state index contributed by atoms with van der Waals surface area (Å²) in [7, 11) is 0. The predicted molar refractivity (Wildman–Crippen MR) is 66.5 cm³/mol. The van der Waals surface area contributed by atoms with Crippen LogP contribution in [0.2, 0.25) is 0 Å². The average molecular weight is 221 g/mol. The lowest BCUT2D eigenvalue weighted by atomic mass is 9.93. The Hall–Kier alpha value is -0.760. The van der Waals surface area contributed by atoms with Crippen molar-refractivity contribution >= 4 is 0 Å². The maximum Gasteiger partial charge on any atom is 0.107 e. The van der Waals surface area contributed by atoms with Gasteiger partial charge in [0.1, 0.15) is 5.76 Å². The van der Waals surface area contributed by atoms with Crippen molar-refractivity contribution in [1.82, 2.24) is 5.32 Å². The van der Waals surface area contributed by atoms with Gasteiger partial charge in [0.05, 0.1) is 6.26 Å². The van der Waals surface area contributed by atoms with Gasteiger partial charge >= 0.3 is 0 Å². The van der Waals surface area contributed by atoms with E-state index < -0.39 is 0 Å². The van der Waals surface area contributed by atoms with Crippen LogP contribution in [0.1, 0.15) is 44.8 Å². The predicted octanol–water partition coefficient (Wildman–Crippen LogP) is 3.41. The normalized spacial score (nSPS) is 25.4. The number of furan rings is 1. The van der Waals surface area contributed by atoms with Crippen LogP contribution in [0.5, 0.6) is 0 Å². The summed E-state index contributed by atoms with van der Waals surface area (Å²) in [5, 5.41) is 3.58. The first kappa shape index (κ1) is 11.7. The molecule has 0 amide bonds. The van der Waals surface area contributed by atoms with Gasteiger partial charge in [0, 0.05) is 5.92 Å². The van der Waals surface area contributed by atoms with Crippen LogP contribution in [-0.4, -0.2) is 13.1 Å². The third-order valence-electron chi connectivity index (χ3n) is 3.53. The van der Waals surface area contributed by atoms with Crippen LogP contribution in [0.25, 0.3) is 0 Å². The van der Waals surface area contributed by atoms with E-state index in [9.17, 15) is 0 Å². The van der Waals surface area contributed by atoms with E-state index >= 15 is 0 Å². The summed E-state index contributed by atoms with van der Waals surface area (Å²) >= 11 is 0. The highest BCUT2D eigenvalue weighted by Gasteiger charge is 2.29. The van der Waals surface area contributed by atoms with Gasteiger partial charge in [-0.3, -0.25) is 0 Å². The maximum absolute atomic E-state index is 5.55. The molecule has 2 rings (SSSR count). The van der Waals surface area contributed by atoms with Gasteiger partial charge in [-0.15, -0.1) is 0 Å². The first-order valence-electron chi connectivity index (χ1n) is 6.51. The minimum absolute atomic E-state index is 0.648. The van der Waals surface area contributed by atoms with Crippen LogP contribution in [0.3, 0.4) is 0 Å². The molecule has 1 aliphatic carbocycles. The van der Waals surface area contributed by atoms with Crippen molar-refractivity contribution < 1.29 is 4.42 Å². The summed E-state index contributed by atoms with van der Waals surface area (Å²) < 4.78 is 5.55. The van der Waals surface area contributed by atoms with Crippen molar-refractivity contribution in [3.63, 3.8) is 0 Å². The Kier molecular flexibility index (Phi) is 4.05. The maximum atomic E-state index is 5.55. The van der Waals surface area contributed by atoms with Gasteiger partial charge in [-0.25, -0.2) is 0 Å². The SMILES string of the molecule is CC(C)CNCC1CCCC1c1ccco1. The molecule has 16 heavy (non-hydrogen) atoms. The molecule has 0 radical (unpaired) electrons. The molecule has 1 aromatic heterocycles. The van der Waals surface area contributed by atoms with Crippen molar-refractivity contribution in [3.05, 3.63) is 24.2 Å². The fraction of sp³-hybridized carbons (Fsp3) is 0.714. The van der Waals surface area contributed by atoms with Crippen molar-refractivity contribution in [2.75, 3.05) is 13.1 Å². The molecule has 90 valence electrons. The molecule has 0 bridgehead atoms. The number of nitrogens with one attached hydrogen (secondary N) is 1. The van der Waals surface area contributed by atoms with Gasteiger partial charge in [0.2, 0.25) is 0 Å². The van der Waals surface area contributed by atoms with Crippen LogP contribution in [0.15, 0.2) is 22.8 Å². The largest absolute Gasteiger partial charge is 0.469 e. The summed E-state index contributed by atoms with van der Waals surface area (Å²) in [6.45, 7) is 6.78. The first-order valence-corrected chi connectivity index (χ1v) is 6.51. The van der Waals surface area contributed by atoms with Crippen LogP contribution >= 0.6 is 0 Å². The molecular weight excluding hydrogens is 198 g/mol. The van der Waals surface area contributed by atoms with E-state index in [1.54, 1.807) is 6.26 Å². The molecular formula is C14H23NO. The highest BCUT2D eigenvalue weighted by molar-refractivity contribution is 5.09. The molecule has 2 nitrogen and oxygen atoms in total. The third-order valence-corrected chi connectivity index (χ3v) is 3.53. The van der Waals surface area contributed by atoms with Crippen molar-refractivity contribution in [1.29, 1.82) is 0 Å². The van der Waals surface area contributed by atoms with Gasteiger partial charge in [0.25, 0.3) is 0 Å². The second-order valence-corrected chi connectivity index (χ2v) is 5.36. The molecule has 2 unspecified atom stereocenters. The fourth-order valence-electron chi connectivity index (χ4n) is 2.72. The molecule has 0 saturated heterocycles. The molecule has 2 atom stereocenters. The number of hydrogen-bond acceptors (Lipinski definition) is 2. The number of hydrogen-bond donors (Lipinski definition) is 1. The highest BCUT2D eigenvalue weighted by Crippen LogP contribution is 2.39. The van der Waals surface area contributed by atoms with E-state index in [-0.39, 0.29) is 0 Å². The van der Waals surface area contributed by atoms with E-state index in [0.717, 1.165) is 24.9 Å². The Morgan fingerprint density at radius 3 is 3.00 bits per heavy atom. The topological polar surface area (TPSA) is 25.2 Å². The summed E-state index contributed by atoms with van der Waals surface area (Å²) in [5.74, 6) is 3.34. The van der Waals surface area contributed by atoms with Gasteiger partial charge < -0.3 is 9.73 Å². The first-order chi connectivity index (χ1) is 7.77. The van der Waals surface area contributed by atoms with E-state index in [4.69, 9.17) is 4.42 Å².